The van der Waals surface area contributed by atoms with Crippen molar-refractivity contribution in [2.24, 2.45) is 0 Å². The molecule has 2 atom stereocenters. The molecule has 0 aliphatic carbocycles. The van der Waals surface area contributed by atoms with Crippen LogP contribution >= 0.6 is 0 Å². The maximum absolute atomic E-state index is 5.84. The lowest BCUT2D eigenvalue weighted by Gasteiger charge is -2.38. The first kappa shape index (κ1) is 14.9. The number of ether oxygens (including phenoxy) is 2. The van der Waals surface area contributed by atoms with Crippen LogP contribution in [0, 0.1) is 0 Å². The molecular weight excluding hydrogens is 214 g/mol. The van der Waals surface area contributed by atoms with Gasteiger partial charge >= 0.3 is 0 Å². The normalized spacial score (nSPS) is 29.5. The fraction of sp³-hybridized carbons (Fsp3) is 1.00. The van der Waals surface area contributed by atoms with Gasteiger partial charge in [0.25, 0.3) is 0 Å². The van der Waals surface area contributed by atoms with Gasteiger partial charge in [-0.1, -0.05) is 13.8 Å². The Labute approximate surface area is 106 Å². The molecule has 0 amide bonds. The minimum absolute atomic E-state index is 0.0919. The molecule has 0 aromatic heterocycles. The van der Waals surface area contributed by atoms with E-state index in [9.17, 15) is 0 Å². The van der Waals surface area contributed by atoms with Gasteiger partial charge in [-0.2, -0.15) is 0 Å². The molecule has 0 aromatic rings. The molecular formula is C14H29NO2. The van der Waals surface area contributed by atoms with E-state index in [1.165, 1.54) is 0 Å². The molecule has 102 valence electrons. The largest absolute Gasteiger partial charge is 0.381 e. The van der Waals surface area contributed by atoms with Crippen LogP contribution in [0.5, 0.6) is 0 Å². The highest BCUT2D eigenvalue weighted by atomic mass is 16.5. The summed E-state index contributed by atoms with van der Waals surface area (Å²) in [5.74, 6) is 0. The summed E-state index contributed by atoms with van der Waals surface area (Å²) in [6.45, 7) is 10.3. The van der Waals surface area contributed by atoms with E-state index in [-0.39, 0.29) is 5.60 Å². The van der Waals surface area contributed by atoms with Gasteiger partial charge < -0.3 is 14.8 Å². The fourth-order valence-corrected chi connectivity index (χ4v) is 2.28. The van der Waals surface area contributed by atoms with Gasteiger partial charge in [0.2, 0.25) is 0 Å². The van der Waals surface area contributed by atoms with Gasteiger partial charge in [-0.25, -0.2) is 0 Å². The highest BCUT2D eigenvalue weighted by Gasteiger charge is 2.30. The lowest BCUT2D eigenvalue weighted by Crippen LogP contribution is -2.45. The zero-order valence-electron chi connectivity index (χ0n) is 11.8. The maximum Gasteiger partial charge on any atom is 0.0666 e. The molecule has 0 aromatic carbocycles. The minimum Gasteiger partial charge on any atom is -0.381 e. The van der Waals surface area contributed by atoms with Crippen LogP contribution in [0.1, 0.15) is 52.9 Å². The SMILES string of the molecule is CCCOCCCNC1CCOC(C)(CC)C1. The molecule has 1 aliphatic heterocycles. The summed E-state index contributed by atoms with van der Waals surface area (Å²) < 4.78 is 11.3. The molecule has 1 aliphatic rings. The third-order valence-corrected chi connectivity index (χ3v) is 3.59. The van der Waals surface area contributed by atoms with Crippen molar-refractivity contribution in [3.05, 3.63) is 0 Å². The Morgan fingerprint density at radius 2 is 2.18 bits per heavy atom. The van der Waals surface area contributed by atoms with Crippen LogP contribution in [-0.4, -0.2) is 38.0 Å². The second-order valence-electron chi connectivity index (χ2n) is 5.26. The molecule has 0 spiro atoms. The highest BCUT2D eigenvalue weighted by molar-refractivity contribution is 4.85. The summed E-state index contributed by atoms with van der Waals surface area (Å²) in [6.07, 6.45) is 5.61. The predicted molar refractivity (Wildman–Crippen MR) is 71.4 cm³/mol. The summed E-state index contributed by atoms with van der Waals surface area (Å²) in [4.78, 5) is 0. The first-order chi connectivity index (χ1) is 8.20. The second kappa shape index (κ2) is 8.06. The first-order valence-electron chi connectivity index (χ1n) is 7.15. The van der Waals surface area contributed by atoms with Crippen LogP contribution in [0.4, 0.5) is 0 Å². The smallest absolute Gasteiger partial charge is 0.0666 e. The monoisotopic (exact) mass is 243 g/mol. The molecule has 1 heterocycles. The van der Waals surface area contributed by atoms with E-state index in [0.29, 0.717) is 6.04 Å². The van der Waals surface area contributed by atoms with E-state index < -0.39 is 0 Å². The van der Waals surface area contributed by atoms with Crippen molar-refractivity contribution in [3.8, 4) is 0 Å². The van der Waals surface area contributed by atoms with E-state index in [4.69, 9.17) is 9.47 Å². The summed E-state index contributed by atoms with van der Waals surface area (Å²) in [6, 6.07) is 0.625. The van der Waals surface area contributed by atoms with Crippen molar-refractivity contribution in [1.82, 2.24) is 5.32 Å². The summed E-state index contributed by atoms with van der Waals surface area (Å²) >= 11 is 0. The van der Waals surface area contributed by atoms with Gasteiger partial charge in [-0.05, 0) is 45.6 Å². The van der Waals surface area contributed by atoms with Crippen molar-refractivity contribution >= 4 is 0 Å². The molecule has 1 rings (SSSR count). The van der Waals surface area contributed by atoms with Gasteiger partial charge in [-0.15, -0.1) is 0 Å². The fourth-order valence-electron chi connectivity index (χ4n) is 2.28. The molecule has 2 unspecified atom stereocenters. The molecule has 1 N–H and O–H groups in total. The number of hydrogen-bond acceptors (Lipinski definition) is 3. The van der Waals surface area contributed by atoms with Crippen LogP contribution in [0.15, 0.2) is 0 Å². The van der Waals surface area contributed by atoms with Gasteiger partial charge in [0.1, 0.15) is 0 Å². The minimum atomic E-state index is 0.0919. The first-order valence-corrected chi connectivity index (χ1v) is 7.15. The van der Waals surface area contributed by atoms with Crippen molar-refractivity contribution < 1.29 is 9.47 Å². The molecule has 0 bridgehead atoms. The van der Waals surface area contributed by atoms with Crippen molar-refractivity contribution in [3.63, 3.8) is 0 Å². The number of hydrogen-bond donors (Lipinski definition) is 1. The Bertz CT molecular complexity index is 199. The Hall–Kier alpha value is -0.120. The molecule has 1 saturated heterocycles. The van der Waals surface area contributed by atoms with E-state index in [2.05, 4.69) is 26.1 Å². The van der Waals surface area contributed by atoms with E-state index >= 15 is 0 Å². The Morgan fingerprint density at radius 3 is 2.88 bits per heavy atom. The summed E-state index contributed by atoms with van der Waals surface area (Å²) in [5, 5.41) is 3.63. The quantitative estimate of drug-likeness (QED) is 0.665. The molecule has 1 fully saturated rings. The predicted octanol–water partition coefficient (Wildman–Crippen LogP) is 2.74. The maximum atomic E-state index is 5.84. The van der Waals surface area contributed by atoms with Crippen LogP contribution in [0.3, 0.4) is 0 Å². The van der Waals surface area contributed by atoms with Gasteiger partial charge in [0.15, 0.2) is 0 Å². The number of rotatable bonds is 8. The number of nitrogens with one attached hydrogen (secondary N) is 1. The third-order valence-electron chi connectivity index (χ3n) is 3.59. The molecule has 3 heteroatoms. The summed E-state index contributed by atoms with van der Waals surface area (Å²) in [7, 11) is 0. The molecule has 0 radical (unpaired) electrons. The molecule has 3 nitrogen and oxygen atoms in total. The van der Waals surface area contributed by atoms with Gasteiger partial charge in [-0.3, -0.25) is 0 Å². The Balaban J connectivity index is 2.06. The van der Waals surface area contributed by atoms with Gasteiger partial charge in [0, 0.05) is 25.9 Å². The van der Waals surface area contributed by atoms with Crippen LogP contribution in [0.25, 0.3) is 0 Å². The molecule has 17 heavy (non-hydrogen) atoms. The van der Waals surface area contributed by atoms with Crippen LogP contribution in [-0.2, 0) is 9.47 Å². The summed E-state index contributed by atoms with van der Waals surface area (Å²) in [5.41, 5.74) is 0.0919. The molecule has 0 saturated carbocycles. The Kier molecular flexibility index (Phi) is 7.09. The zero-order valence-corrected chi connectivity index (χ0v) is 11.8. The van der Waals surface area contributed by atoms with E-state index in [1.807, 2.05) is 0 Å². The van der Waals surface area contributed by atoms with E-state index in [0.717, 1.165) is 58.5 Å². The van der Waals surface area contributed by atoms with Crippen molar-refractivity contribution in [2.45, 2.75) is 64.5 Å². The van der Waals surface area contributed by atoms with Crippen molar-refractivity contribution in [1.29, 1.82) is 0 Å². The lowest BCUT2D eigenvalue weighted by molar-refractivity contribution is -0.0779. The van der Waals surface area contributed by atoms with Gasteiger partial charge in [0.05, 0.1) is 5.60 Å². The second-order valence-corrected chi connectivity index (χ2v) is 5.26. The van der Waals surface area contributed by atoms with E-state index in [1.54, 1.807) is 0 Å². The average molecular weight is 243 g/mol. The highest BCUT2D eigenvalue weighted by Crippen LogP contribution is 2.27. The Morgan fingerprint density at radius 1 is 1.35 bits per heavy atom. The topological polar surface area (TPSA) is 30.5 Å². The third kappa shape index (κ3) is 5.84. The van der Waals surface area contributed by atoms with Crippen LogP contribution < -0.4 is 5.32 Å². The standard InChI is InChI=1S/C14H29NO2/c1-4-9-16-10-6-8-15-13-7-11-17-14(3,5-2)12-13/h13,15H,4-12H2,1-3H3. The zero-order chi connectivity index (χ0) is 12.6. The average Bonchev–Trinajstić information content (AvgIpc) is 2.34. The van der Waals surface area contributed by atoms with Crippen molar-refractivity contribution in [2.75, 3.05) is 26.4 Å². The van der Waals surface area contributed by atoms with Crippen LogP contribution in [0.2, 0.25) is 0 Å². The lowest BCUT2D eigenvalue weighted by atomic mass is 9.90.